The van der Waals surface area contributed by atoms with Gasteiger partial charge in [-0.25, -0.2) is 0 Å². The number of hydrogen-bond acceptors (Lipinski definition) is 3. The molecule has 6 heteroatoms. The van der Waals surface area contributed by atoms with Crippen LogP contribution in [0.3, 0.4) is 0 Å². The second kappa shape index (κ2) is 7.47. The molecular weight excluding hydrogens is 352 g/mol. The smallest absolute Gasteiger partial charge is 0.270 e. The van der Waals surface area contributed by atoms with Gasteiger partial charge in [-0.2, -0.15) is 0 Å². The van der Waals surface area contributed by atoms with Crippen molar-refractivity contribution in [2.45, 2.75) is 64.0 Å². The number of anilines is 1. The topological polar surface area (TPSA) is 49.9 Å². The van der Waals surface area contributed by atoms with E-state index in [0.717, 1.165) is 12.8 Å². The minimum Gasteiger partial charge on any atom is -0.476 e. The number of hydrogen-bond donors (Lipinski definition) is 0. The van der Waals surface area contributed by atoms with Gasteiger partial charge in [-0.05, 0) is 44.9 Å². The van der Waals surface area contributed by atoms with Crippen molar-refractivity contribution in [1.82, 2.24) is 4.90 Å². The highest BCUT2D eigenvalue weighted by atomic mass is 35.5. The monoisotopic (exact) mass is 378 g/mol. The van der Waals surface area contributed by atoms with Gasteiger partial charge in [0.25, 0.3) is 5.91 Å². The van der Waals surface area contributed by atoms with Crippen molar-refractivity contribution in [2.24, 2.45) is 0 Å². The van der Waals surface area contributed by atoms with E-state index in [2.05, 4.69) is 0 Å². The fraction of sp³-hybridized carbons (Fsp3) is 0.600. The number of nitrogens with zero attached hydrogens (tertiary/aromatic N) is 2. The first-order valence-corrected chi connectivity index (χ1v) is 9.73. The molecule has 5 nitrogen and oxygen atoms in total. The highest BCUT2D eigenvalue weighted by Crippen LogP contribution is 2.39. The Bertz CT molecular complexity index is 698. The number of benzene rings is 1. The highest BCUT2D eigenvalue weighted by Gasteiger charge is 2.41. The number of amides is 2. The van der Waals surface area contributed by atoms with Crippen molar-refractivity contribution >= 4 is 29.1 Å². The third kappa shape index (κ3) is 3.83. The van der Waals surface area contributed by atoms with Gasteiger partial charge >= 0.3 is 0 Å². The third-order valence-corrected chi connectivity index (χ3v) is 5.64. The van der Waals surface area contributed by atoms with Crippen LogP contribution in [0.2, 0.25) is 5.02 Å². The lowest BCUT2D eigenvalue weighted by atomic mass is 9.94. The van der Waals surface area contributed by atoms with Crippen molar-refractivity contribution in [3.05, 3.63) is 23.2 Å². The standard InChI is InChI=1S/C20H27ClN2O3/c1-20(2)19(25)23(16-13-14(21)9-10-17(16)26-20)12-11-18(24)22(3)15-7-5-4-6-8-15/h9-10,13,15H,4-8,11-12H2,1-3H3. The molecule has 0 N–H and O–H groups in total. The number of ether oxygens (including phenoxy) is 1. The van der Waals surface area contributed by atoms with Crippen molar-refractivity contribution < 1.29 is 14.3 Å². The number of carbonyl (C=O) groups excluding carboxylic acids is 2. The molecule has 1 fully saturated rings. The summed E-state index contributed by atoms with van der Waals surface area (Å²) in [6.07, 6.45) is 6.07. The Hall–Kier alpha value is -1.75. The molecule has 1 aromatic rings. The fourth-order valence-electron chi connectivity index (χ4n) is 3.82. The van der Waals surface area contributed by atoms with E-state index >= 15 is 0 Å². The van der Waals surface area contributed by atoms with Gasteiger partial charge in [-0.15, -0.1) is 0 Å². The first-order valence-electron chi connectivity index (χ1n) is 9.36. The Labute approximate surface area is 160 Å². The minimum atomic E-state index is -0.959. The number of halogens is 1. The van der Waals surface area contributed by atoms with E-state index in [4.69, 9.17) is 16.3 Å². The second-order valence-corrected chi connectivity index (χ2v) is 8.16. The van der Waals surface area contributed by atoms with Gasteiger partial charge in [0.1, 0.15) is 5.75 Å². The molecule has 0 atom stereocenters. The number of rotatable bonds is 4. The van der Waals surface area contributed by atoms with Crippen LogP contribution in [-0.2, 0) is 9.59 Å². The molecule has 2 aliphatic rings. The summed E-state index contributed by atoms with van der Waals surface area (Å²) in [5.74, 6) is 0.546. The zero-order valence-electron chi connectivity index (χ0n) is 15.8. The molecule has 1 heterocycles. The largest absolute Gasteiger partial charge is 0.476 e. The Kier molecular flexibility index (Phi) is 5.47. The van der Waals surface area contributed by atoms with Gasteiger partial charge in [0.2, 0.25) is 5.91 Å². The van der Waals surface area contributed by atoms with Crippen LogP contribution in [-0.4, -0.2) is 41.9 Å². The van der Waals surface area contributed by atoms with E-state index in [1.807, 2.05) is 11.9 Å². The van der Waals surface area contributed by atoms with Gasteiger partial charge in [-0.1, -0.05) is 30.9 Å². The molecule has 0 bridgehead atoms. The summed E-state index contributed by atoms with van der Waals surface area (Å²) in [5.41, 5.74) is -0.325. The molecule has 0 aromatic heterocycles. The average Bonchev–Trinajstić information content (AvgIpc) is 2.62. The van der Waals surface area contributed by atoms with E-state index in [1.165, 1.54) is 19.3 Å². The van der Waals surface area contributed by atoms with E-state index in [1.54, 1.807) is 36.9 Å². The molecule has 2 amide bonds. The van der Waals surface area contributed by atoms with Gasteiger partial charge in [0, 0.05) is 31.1 Å². The number of fused-ring (bicyclic) bond motifs is 1. The lowest BCUT2D eigenvalue weighted by molar-refractivity contribution is -0.134. The van der Waals surface area contributed by atoms with Crippen LogP contribution in [0.25, 0.3) is 0 Å². The van der Waals surface area contributed by atoms with Gasteiger partial charge in [-0.3, -0.25) is 9.59 Å². The summed E-state index contributed by atoms with van der Waals surface area (Å²) in [7, 11) is 1.88. The van der Waals surface area contributed by atoms with Crippen LogP contribution in [0.1, 0.15) is 52.4 Å². The molecular formula is C20H27ClN2O3. The predicted octanol–water partition coefficient (Wildman–Crippen LogP) is 4.03. The molecule has 0 radical (unpaired) electrons. The van der Waals surface area contributed by atoms with Gasteiger partial charge < -0.3 is 14.5 Å². The fourth-order valence-corrected chi connectivity index (χ4v) is 3.98. The van der Waals surface area contributed by atoms with Gasteiger partial charge in [0.05, 0.1) is 5.69 Å². The zero-order chi connectivity index (χ0) is 18.9. The molecule has 142 valence electrons. The van der Waals surface area contributed by atoms with Crippen molar-refractivity contribution in [1.29, 1.82) is 0 Å². The number of carbonyl (C=O) groups is 2. The first-order chi connectivity index (χ1) is 12.3. The summed E-state index contributed by atoms with van der Waals surface area (Å²) in [4.78, 5) is 29.0. The Morgan fingerprint density at radius 2 is 2.00 bits per heavy atom. The minimum absolute atomic E-state index is 0.0811. The molecule has 1 saturated carbocycles. The molecule has 3 rings (SSSR count). The summed E-state index contributed by atoms with van der Waals surface area (Å²) in [6.45, 7) is 3.82. The predicted molar refractivity (Wildman–Crippen MR) is 103 cm³/mol. The SMILES string of the molecule is CN(C(=O)CCN1C(=O)C(C)(C)Oc2ccc(Cl)cc21)C1CCCCC1. The van der Waals surface area contributed by atoms with E-state index in [9.17, 15) is 9.59 Å². The van der Waals surface area contributed by atoms with Crippen LogP contribution in [0, 0.1) is 0 Å². The first kappa shape index (κ1) is 19.0. The summed E-state index contributed by atoms with van der Waals surface area (Å²) in [5, 5.41) is 0.538. The molecule has 1 aliphatic carbocycles. The van der Waals surface area contributed by atoms with E-state index in [-0.39, 0.29) is 11.8 Å². The van der Waals surface area contributed by atoms with Crippen LogP contribution in [0.4, 0.5) is 5.69 Å². The Balaban J connectivity index is 1.73. The molecule has 26 heavy (non-hydrogen) atoms. The van der Waals surface area contributed by atoms with Gasteiger partial charge in [0.15, 0.2) is 5.60 Å². The lowest BCUT2D eigenvalue weighted by Crippen LogP contribution is -2.53. The second-order valence-electron chi connectivity index (χ2n) is 7.73. The summed E-state index contributed by atoms with van der Waals surface area (Å²) in [6, 6.07) is 5.57. The molecule has 0 unspecified atom stereocenters. The Morgan fingerprint density at radius 1 is 1.31 bits per heavy atom. The molecule has 0 saturated heterocycles. The summed E-state index contributed by atoms with van der Waals surface area (Å²) >= 11 is 6.11. The summed E-state index contributed by atoms with van der Waals surface area (Å²) < 4.78 is 5.82. The third-order valence-electron chi connectivity index (χ3n) is 5.40. The normalized spacial score (nSPS) is 19.7. The molecule has 1 aliphatic heterocycles. The average molecular weight is 379 g/mol. The Morgan fingerprint density at radius 3 is 2.69 bits per heavy atom. The van der Waals surface area contributed by atoms with Crippen molar-refractivity contribution in [2.75, 3.05) is 18.5 Å². The van der Waals surface area contributed by atoms with Crippen molar-refractivity contribution in [3.63, 3.8) is 0 Å². The highest BCUT2D eigenvalue weighted by molar-refractivity contribution is 6.31. The maximum Gasteiger partial charge on any atom is 0.270 e. The molecule has 0 spiro atoms. The maximum atomic E-state index is 12.8. The van der Waals surface area contributed by atoms with Crippen LogP contribution in [0.5, 0.6) is 5.75 Å². The zero-order valence-corrected chi connectivity index (χ0v) is 16.5. The van der Waals surface area contributed by atoms with Crippen LogP contribution < -0.4 is 9.64 Å². The quantitative estimate of drug-likeness (QED) is 0.794. The van der Waals surface area contributed by atoms with E-state index < -0.39 is 5.60 Å². The van der Waals surface area contributed by atoms with Crippen LogP contribution in [0.15, 0.2) is 18.2 Å². The van der Waals surface area contributed by atoms with Crippen molar-refractivity contribution in [3.8, 4) is 5.75 Å². The van der Waals surface area contributed by atoms with E-state index in [0.29, 0.717) is 35.5 Å². The van der Waals surface area contributed by atoms with Crippen LogP contribution >= 0.6 is 11.6 Å². The molecule has 1 aromatic carbocycles. The maximum absolute atomic E-state index is 12.8. The lowest BCUT2D eigenvalue weighted by Gasteiger charge is -2.39.